The quantitative estimate of drug-likeness (QED) is 0.484. The second-order valence-corrected chi connectivity index (χ2v) is 5.82. The van der Waals surface area contributed by atoms with E-state index < -0.39 is 11.8 Å². The molecule has 26 heavy (non-hydrogen) atoms. The van der Waals surface area contributed by atoms with Crippen LogP contribution in [0.1, 0.15) is 47.5 Å². The molecule has 2 amide bonds. The van der Waals surface area contributed by atoms with Crippen LogP contribution < -0.4 is 20.3 Å². The molecule has 0 aliphatic rings. The van der Waals surface area contributed by atoms with Gasteiger partial charge in [-0.25, -0.2) is 0 Å². The van der Waals surface area contributed by atoms with Crippen molar-refractivity contribution in [2.75, 3.05) is 13.2 Å². The predicted molar refractivity (Wildman–Crippen MR) is 98.7 cm³/mol. The zero-order valence-electron chi connectivity index (χ0n) is 14.7. The van der Waals surface area contributed by atoms with E-state index in [1.165, 1.54) is 12.1 Å². The van der Waals surface area contributed by atoms with Gasteiger partial charge in [0.05, 0.1) is 18.2 Å². The molecule has 0 aliphatic heterocycles. The summed E-state index contributed by atoms with van der Waals surface area (Å²) in [6.45, 7) is 4.79. The number of halogens is 1. The van der Waals surface area contributed by atoms with Gasteiger partial charge in [0, 0.05) is 11.8 Å². The fraction of sp³-hybridized carbons (Fsp3) is 0.333. The van der Waals surface area contributed by atoms with Crippen LogP contribution in [0.15, 0.2) is 30.5 Å². The molecule has 7 nitrogen and oxygen atoms in total. The lowest BCUT2D eigenvalue weighted by atomic mass is 10.2. The van der Waals surface area contributed by atoms with Crippen LogP contribution in [-0.4, -0.2) is 30.0 Å². The number of H-pyrrole nitrogens is 1. The van der Waals surface area contributed by atoms with Crippen LogP contribution in [0, 0.1) is 0 Å². The summed E-state index contributed by atoms with van der Waals surface area (Å²) >= 11 is 6.26. The zero-order valence-corrected chi connectivity index (χ0v) is 15.5. The van der Waals surface area contributed by atoms with E-state index in [1.54, 1.807) is 18.3 Å². The van der Waals surface area contributed by atoms with Gasteiger partial charge in [0.2, 0.25) is 0 Å². The molecule has 0 aliphatic carbocycles. The monoisotopic (exact) mass is 379 g/mol. The number of aromatic nitrogens is 1. The molecule has 3 N–H and O–H groups in total. The maximum absolute atomic E-state index is 12.3. The van der Waals surface area contributed by atoms with Crippen molar-refractivity contribution in [1.29, 1.82) is 0 Å². The lowest BCUT2D eigenvalue weighted by molar-refractivity contribution is 0.0844. The third-order valence-electron chi connectivity index (χ3n) is 3.45. The zero-order chi connectivity index (χ0) is 18.9. The maximum atomic E-state index is 12.3. The van der Waals surface area contributed by atoms with Crippen LogP contribution in [0.25, 0.3) is 0 Å². The summed E-state index contributed by atoms with van der Waals surface area (Å²) in [6.07, 6.45) is 3.49. The standard InChI is InChI=1S/C18H22ClN3O4/c1-3-5-9-26-16-13(19)10-12(11-15(16)25-4-2)17(23)21-22-18(24)14-7-6-8-20-14/h6-8,10-11,20H,3-5,9H2,1-2H3,(H,21,23)(H,22,24). The molecule has 0 saturated carbocycles. The molecule has 0 atom stereocenters. The third kappa shape index (κ3) is 5.16. The predicted octanol–water partition coefficient (Wildman–Crippen LogP) is 3.32. The smallest absolute Gasteiger partial charge is 0.286 e. The van der Waals surface area contributed by atoms with E-state index in [2.05, 4.69) is 22.8 Å². The van der Waals surface area contributed by atoms with E-state index in [9.17, 15) is 9.59 Å². The van der Waals surface area contributed by atoms with Gasteiger partial charge in [-0.2, -0.15) is 0 Å². The highest BCUT2D eigenvalue weighted by atomic mass is 35.5. The van der Waals surface area contributed by atoms with Crippen LogP contribution in [0.2, 0.25) is 5.02 Å². The van der Waals surface area contributed by atoms with Gasteiger partial charge in [0.1, 0.15) is 5.69 Å². The Hall–Kier alpha value is -2.67. The Balaban J connectivity index is 2.09. The van der Waals surface area contributed by atoms with Gasteiger partial charge in [-0.3, -0.25) is 20.4 Å². The summed E-state index contributed by atoms with van der Waals surface area (Å²) in [4.78, 5) is 26.9. The van der Waals surface area contributed by atoms with Crippen LogP contribution >= 0.6 is 11.6 Å². The number of rotatable bonds is 8. The minimum absolute atomic E-state index is 0.244. The first-order chi connectivity index (χ1) is 12.6. The van der Waals surface area contributed by atoms with Crippen molar-refractivity contribution in [2.45, 2.75) is 26.7 Å². The maximum Gasteiger partial charge on any atom is 0.286 e. The Morgan fingerprint density at radius 2 is 1.92 bits per heavy atom. The molecular formula is C18H22ClN3O4. The lowest BCUT2D eigenvalue weighted by Gasteiger charge is -2.15. The summed E-state index contributed by atoms with van der Waals surface area (Å²) < 4.78 is 11.2. The first-order valence-corrected chi connectivity index (χ1v) is 8.77. The van der Waals surface area contributed by atoms with Crippen LogP contribution in [0.3, 0.4) is 0 Å². The number of carbonyl (C=O) groups is 2. The molecule has 2 rings (SSSR count). The van der Waals surface area contributed by atoms with Gasteiger partial charge < -0.3 is 14.5 Å². The van der Waals surface area contributed by atoms with Crippen molar-refractivity contribution >= 4 is 23.4 Å². The normalized spacial score (nSPS) is 10.3. The minimum atomic E-state index is -0.520. The molecule has 0 bridgehead atoms. The number of ether oxygens (including phenoxy) is 2. The summed E-state index contributed by atoms with van der Waals surface area (Å²) in [7, 11) is 0. The SMILES string of the molecule is CCCCOc1c(Cl)cc(C(=O)NNC(=O)c2ccc[nH]2)cc1OCC. The van der Waals surface area contributed by atoms with Crippen LogP contribution in [0.5, 0.6) is 11.5 Å². The molecule has 0 fully saturated rings. The van der Waals surface area contributed by atoms with Crippen molar-refractivity contribution < 1.29 is 19.1 Å². The molecule has 1 heterocycles. The Kier molecular flexibility index (Phi) is 7.35. The number of unbranched alkanes of at least 4 members (excludes halogenated alkanes) is 1. The number of hydrogen-bond donors (Lipinski definition) is 3. The molecule has 2 aromatic rings. The Bertz CT molecular complexity index is 747. The molecule has 0 radical (unpaired) electrons. The summed E-state index contributed by atoms with van der Waals surface area (Å²) in [6, 6.07) is 6.28. The number of hydrogen-bond acceptors (Lipinski definition) is 4. The number of benzene rings is 1. The molecule has 1 aromatic heterocycles. The van der Waals surface area contributed by atoms with Gasteiger partial charge in [0.25, 0.3) is 11.8 Å². The van der Waals surface area contributed by atoms with E-state index >= 15 is 0 Å². The van der Waals surface area contributed by atoms with Crippen molar-refractivity contribution in [3.63, 3.8) is 0 Å². The summed E-state index contributed by atoms with van der Waals surface area (Å²) in [5.74, 6) is -0.183. The van der Waals surface area contributed by atoms with Gasteiger partial charge in [-0.15, -0.1) is 0 Å². The average molecular weight is 380 g/mol. The van der Waals surface area contributed by atoms with Crippen molar-refractivity contribution in [3.8, 4) is 11.5 Å². The largest absolute Gasteiger partial charge is 0.490 e. The highest BCUT2D eigenvalue weighted by Crippen LogP contribution is 2.36. The van der Waals surface area contributed by atoms with E-state index in [-0.39, 0.29) is 10.6 Å². The molecule has 8 heteroatoms. The van der Waals surface area contributed by atoms with E-state index in [1.807, 2.05) is 6.92 Å². The average Bonchev–Trinajstić information content (AvgIpc) is 3.16. The highest BCUT2D eigenvalue weighted by molar-refractivity contribution is 6.32. The van der Waals surface area contributed by atoms with Gasteiger partial charge >= 0.3 is 0 Å². The van der Waals surface area contributed by atoms with E-state index in [0.717, 1.165) is 12.8 Å². The van der Waals surface area contributed by atoms with Crippen molar-refractivity contribution in [2.24, 2.45) is 0 Å². The van der Waals surface area contributed by atoms with Gasteiger partial charge in [0.15, 0.2) is 11.5 Å². The summed E-state index contributed by atoms with van der Waals surface area (Å²) in [5.41, 5.74) is 5.24. The Morgan fingerprint density at radius 1 is 1.15 bits per heavy atom. The van der Waals surface area contributed by atoms with Gasteiger partial charge in [-0.05, 0) is 37.6 Å². The number of aromatic amines is 1. The van der Waals surface area contributed by atoms with E-state index in [0.29, 0.717) is 30.4 Å². The summed E-state index contributed by atoms with van der Waals surface area (Å²) in [5, 5.41) is 0.271. The molecule has 140 valence electrons. The first-order valence-electron chi connectivity index (χ1n) is 8.40. The van der Waals surface area contributed by atoms with E-state index in [4.69, 9.17) is 21.1 Å². The number of hydrazine groups is 1. The van der Waals surface area contributed by atoms with Gasteiger partial charge in [-0.1, -0.05) is 24.9 Å². The Morgan fingerprint density at radius 3 is 2.58 bits per heavy atom. The second kappa shape index (κ2) is 9.72. The number of amides is 2. The highest BCUT2D eigenvalue weighted by Gasteiger charge is 2.17. The lowest BCUT2D eigenvalue weighted by Crippen LogP contribution is -2.41. The molecule has 0 spiro atoms. The second-order valence-electron chi connectivity index (χ2n) is 5.41. The number of nitrogens with one attached hydrogen (secondary N) is 3. The molecule has 1 aromatic carbocycles. The molecular weight excluding hydrogens is 358 g/mol. The third-order valence-corrected chi connectivity index (χ3v) is 3.73. The minimum Gasteiger partial charge on any atom is -0.490 e. The van der Waals surface area contributed by atoms with Crippen molar-refractivity contribution in [1.82, 2.24) is 15.8 Å². The molecule has 0 unspecified atom stereocenters. The van der Waals surface area contributed by atoms with Crippen LogP contribution in [0.4, 0.5) is 0 Å². The fourth-order valence-electron chi connectivity index (χ4n) is 2.15. The van der Waals surface area contributed by atoms with Crippen LogP contribution in [-0.2, 0) is 0 Å². The first kappa shape index (κ1) is 19.7. The Labute approximate surface area is 157 Å². The molecule has 0 saturated heterocycles. The fourth-order valence-corrected chi connectivity index (χ4v) is 2.41. The number of carbonyl (C=O) groups excluding carboxylic acids is 2. The topological polar surface area (TPSA) is 92.5 Å². The van der Waals surface area contributed by atoms with Crippen molar-refractivity contribution in [3.05, 3.63) is 46.7 Å².